The molecule has 3 rings (SSSR count). The molecule has 2 amide bonds. The number of aryl methyl sites for hydroxylation is 1. The molecule has 2 N–H and O–H groups in total. The lowest BCUT2D eigenvalue weighted by molar-refractivity contribution is -0.892. The van der Waals surface area contributed by atoms with Crippen LogP contribution in [0.4, 0.5) is 11.4 Å². The van der Waals surface area contributed by atoms with Crippen LogP contribution in [0, 0.1) is 6.92 Å². The number of piperazine rings is 1. The van der Waals surface area contributed by atoms with Gasteiger partial charge in [-0.3, -0.25) is 9.59 Å². The van der Waals surface area contributed by atoms with E-state index in [9.17, 15) is 9.59 Å². The number of hydrogen-bond donors (Lipinski definition) is 2. The molecule has 148 valence electrons. The fourth-order valence-electron chi connectivity index (χ4n) is 3.55. The quantitative estimate of drug-likeness (QED) is 0.814. The van der Waals surface area contributed by atoms with E-state index in [0.29, 0.717) is 12.1 Å². The van der Waals surface area contributed by atoms with Crippen LogP contribution >= 0.6 is 0 Å². The molecule has 1 aliphatic rings. The van der Waals surface area contributed by atoms with E-state index >= 15 is 0 Å². The number of anilines is 2. The first-order chi connectivity index (χ1) is 13.4. The average molecular weight is 382 g/mol. The van der Waals surface area contributed by atoms with Gasteiger partial charge in [-0.15, -0.1) is 0 Å². The molecule has 0 radical (unpaired) electrons. The molecule has 0 aromatic heterocycles. The van der Waals surface area contributed by atoms with E-state index in [1.54, 1.807) is 38.4 Å². The van der Waals surface area contributed by atoms with Gasteiger partial charge >= 0.3 is 0 Å². The molecule has 1 aliphatic heterocycles. The van der Waals surface area contributed by atoms with Gasteiger partial charge in [0.1, 0.15) is 0 Å². The van der Waals surface area contributed by atoms with Crippen molar-refractivity contribution in [2.45, 2.75) is 6.92 Å². The van der Waals surface area contributed by atoms with Crippen LogP contribution in [0.2, 0.25) is 0 Å². The van der Waals surface area contributed by atoms with Gasteiger partial charge in [-0.05, 0) is 42.8 Å². The lowest BCUT2D eigenvalue weighted by atomic mass is 10.1. The van der Waals surface area contributed by atoms with Crippen molar-refractivity contribution in [1.29, 1.82) is 0 Å². The Hall–Kier alpha value is -2.86. The number of quaternary nitrogens is 1. The lowest BCUT2D eigenvalue weighted by Gasteiger charge is -2.34. The third-order valence-electron chi connectivity index (χ3n) is 5.16. The Labute approximate surface area is 166 Å². The van der Waals surface area contributed by atoms with Gasteiger partial charge in [0.15, 0.2) is 6.54 Å². The summed E-state index contributed by atoms with van der Waals surface area (Å²) >= 11 is 0. The second kappa shape index (κ2) is 8.89. The van der Waals surface area contributed by atoms with Gasteiger partial charge in [-0.2, -0.15) is 0 Å². The molecule has 28 heavy (non-hydrogen) atoms. The first-order valence-electron chi connectivity index (χ1n) is 9.70. The van der Waals surface area contributed by atoms with E-state index in [1.807, 2.05) is 0 Å². The Kier molecular flexibility index (Phi) is 6.31. The first-order valence-corrected chi connectivity index (χ1v) is 9.70. The Morgan fingerprint density at radius 1 is 1.04 bits per heavy atom. The molecule has 0 aliphatic carbocycles. The molecule has 6 heteroatoms. The standard InChI is InChI=1S/C22H28N4O2/c1-17-6-4-5-7-20(17)26-14-12-25(13-15-26)16-21(27)23-19-10-8-18(9-11-19)22(28)24(2)3/h4-11H,12-16H2,1-3H3,(H,23,27)/p+1. The average Bonchev–Trinajstić information content (AvgIpc) is 2.69. The predicted octanol–water partition coefficient (Wildman–Crippen LogP) is 1.04. The van der Waals surface area contributed by atoms with Crippen LogP contribution in [0.15, 0.2) is 48.5 Å². The second-order valence-electron chi connectivity index (χ2n) is 7.53. The van der Waals surface area contributed by atoms with Crippen LogP contribution in [0.25, 0.3) is 0 Å². The first kappa shape index (κ1) is 19.9. The molecule has 0 spiro atoms. The summed E-state index contributed by atoms with van der Waals surface area (Å²) in [5, 5.41) is 2.94. The highest BCUT2D eigenvalue weighted by molar-refractivity contribution is 5.95. The zero-order valence-electron chi connectivity index (χ0n) is 16.9. The Balaban J connectivity index is 1.48. The van der Waals surface area contributed by atoms with Gasteiger partial charge < -0.3 is 20.0 Å². The maximum absolute atomic E-state index is 12.4. The minimum Gasteiger partial charge on any atom is -0.360 e. The molecular weight excluding hydrogens is 352 g/mol. The van der Waals surface area contributed by atoms with Crippen LogP contribution in [0.1, 0.15) is 15.9 Å². The normalized spacial score (nSPS) is 14.6. The van der Waals surface area contributed by atoms with Crippen molar-refractivity contribution in [2.24, 2.45) is 0 Å². The third kappa shape index (κ3) is 4.89. The van der Waals surface area contributed by atoms with E-state index in [2.05, 4.69) is 41.4 Å². The topological polar surface area (TPSA) is 57.1 Å². The van der Waals surface area contributed by atoms with Crippen molar-refractivity contribution in [3.05, 3.63) is 59.7 Å². The summed E-state index contributed by atoms with van der Waals surface area (Å²) < 4.78 is 0. The lowest BCUT2D eigenvalue weighted by Crippen LogP contribution is -3.15. The number of nitrogens with one attached hydrogen (secondary N) is 2. The minimum absolute atomic E-state index is 0.00558. The highest BCUT2D eigenvalue weighted by Crippen LogP contribution is 2.18. The number of amides is 2. The van der Waals surface area contributed by atoms with Crippen LogP contribution in [-0.2, 0) is 4.79 Å². The van der Waals surface area contributed by atoms with Gasteiger partial charge in [0.05, 0.1) is 26.2 Å². The van der Waals surface area contributed by atoms with Gasteiger partial charge in [-0.25, -0.2) is 0 Å². The largest absolute Gasteiger partial charge is 0.360 e. The fourth-order valence-corrected chi connectivity index (χ4v) is 3.55. The number of benzene rings is 2. The third-order valence-corrected chi connectivity index (χ3v) is 5.16. The van der Waals surface area contributed by atoms with Crippen LogP contribution in [-0.4, -0.2) is 63.5 Å². The van der Waals surface area contributed by atoms with E-state index in [4.69, 9.17) is 0 Å². The van der Waals surface area contributed by atoms with E-state index in [1.165, 1.54) is 21.1 Å². The number of hydrogen-bond acceptors (Lipinski definition) is 3. The number of carbonyl (C=O) groups is 2. The molecule has 1 saturated heterocycles. The molecule has 2 aromatic rings. The van der Waals surface area contributed by atoms with E-state index in [0.717, 1.165) is 31.9 Å². The molecular formula is C22H29N4O2+. The van der Waals surface area contributed by atoms with E-state index in [-0.39, 0.29) is 11.8 Å². The van der Waals surface area contributed by atoms with Crippen molar-refractivity contribution in [1.82, 2.24) is 4.90 Å². The van der Waals surface area contributed by atoms with Crippen molar-refractivity contribution in [2.75, 3.05) is 57.0 Å². The van der Waals surface area contributed by atoms with Crippen LogP contribution in [0.3, 0.4) is 0 Å². The van der Waals surface area contributed by atoms with Gasteiger partial charge in [-0.1, -0.05) is 18.2 Å². The maximum Gasteiger partial charge on any atom is 0.279 e. The number of nitrogens with zero attached hydrogens (tertiary/aromatic N) is 2. The number of carbonyl (C=O) groups excluding carboxylic acids is 2. The highest BCUT2D eigenvalue weighted by Gasteiger charge is 2.23. The molecule has 1 heterocycles. The van der Waals surface area contributed by atoms with Gasteiger partial charge in [0.2, 0.25) is 0 Å². The van der Waals surface area contributed by atoms with Gasteiger partial charge in [0, 0.05) is 31.0 Å². The molecule has 2 aromatic carbocycles. The zero-order valence-corrected chi connectivity index (χ0v) is 16.9. The zero-order chi connectivity index (χ0) is 20.1. The monoisotopic (exact) mass is 381 g/mol. The van der Waals surface area contributed by atoms with E-state index < -0.39 is 0 Å². The highest BCUT2D eigenvalue weighted by atomic mass is 16.2. The number of para-hydroxylation sites is 1. The fraction of sp³-hybridized carbons (Fsp3) is 0.364. The van der Waals surface area contributed by atoms with Crippen molar-refractivity contribution < 1.29 is 14.5 Å². The predicted molar refractivity (Wildman–Crippen MR) is 112 cm³/mol. The summed E-state index contributed by atoms with van der Waals surface area (Å²) in [4.78, 5) is 29.5. The minimum atomic E-state index is -0.0474. The Morgan fingerprint density at radius 3 is 2.29 bits per heavy atom. The maximum atomic E-state index is 12.4. The molecule has 0 atom stereocenters. The van der Waals surface area contributed by atoms with Crippen molar-refractivity contribution in [3.8, 4) is 0 Å². The molecule has 0 unspecified atom stereocenters. The van der Waals surface area contributed by atoms with Crippen LogP contribution in [0.5, 0.6) is 0 Å². The molecule has 0 bridgehead atoms. The summed E-state index contributed by atoms with van der Waals surface area (Å²) in [5.41, 5.74) is 3.91. The van der Waals surface area contributed by atoms with Crippen LogP contribution < -0.4 is 15.1 Å². The van der Waals surface area contributed by atoms with Gasteiger partial charge in [0.25, 0.3) is 11.8 Å². The SMILES string of the molecule is Cc1ccccc1N1CC[NH+](CC(=O)Nc2ccc(C(=O)N(C)C)cc2)CC1. The second-order valence-corrected chi connectivity index (χ2v) is 7.53. The van der Waals surface area contributed by atoms with Crippen molar-refractivity contribution in [3.63, 3.8) is 0 Å². The summed E-state index contributed by atoms with van der Waals surface area (Å²) in [6, 6.07) is 15.5. The molecule has 0 saturated carbocycles. The van der Waals surface area contributed by atoms with Crippen molar-refractivity contribution >= 4 is 23.2 Å². The summed E-state index contributed by atoms with van der Waals surface area (Å²) in [6.45, 7) is 6.39. The number of rotatable bonds is 5. The Bertz CT molecular complexity index is 825. The molecule has 6 nitrogen and oxygen atoms in total. The summed E-state index contributed by atoms with van der Waals surface area (Å²) in [5.74, 6) is -0.0418. The summed E-state index contributed by atoms with van der Waals surface area (Å²) in [6.07, 6.45) is 0. The Morgan fingerprint density at radius 2 is 1.68 bits per heavy atom. The summed E-state index contributed by atoms with van der Waals surface area (Å²) in [7, 11) is 3.44. The smallest absolute Gasteiger partial charge is 0.279 e. The molecule has 1 fully saturated rings.